The molecule has 0 spiro atoms. The van der Waals surface area contributed by atoms with E-state index in [2.05, 4.69) is 0 Å². The van der Waals surface area contributed by atoms with Crippen molar-refractivity contribution in [1.82, 2.24) is 0 Å². The van der Waals surface area contributed by atoms with E-state index in [1.807, 2.05) is 19.1 Å². The lowest BCUT2D eigenvalue weighted by Gasteiger charge is -2.18. The normalized spacial score (nSPS) is 25.2. The SMILES string of the molecule is CC/C=C\C[C@H](O)/C=C/C1[C@H](O)CC(=O)[C@@H]1CCCCCCC(=O)O. The number of hydrogen-bond acceptors (Lipinski definition) is 4. The molecule has 1 aliphatic rings. The first-order valence-electron chi connectivity index (χ1n) is 9.39. The highest BCUT2D eigenvalue weighted by Crippen LogP contribution is 2.34. The Bertz CT molecular complexity index is 469. The minimum Gasteiger partial charge on any atom is -0.481 e. The molecular weight excluding hydrogens is 320 g/mol. The van der Waals surface area contributed by atoms with Crippen LogP contribution in [-0.4, -0.2) is 39.3 Å². The average Bonchev–Trinajstić information content (AvgIpc) is 2.82. The Balaban J connectivity index is 2.43. The molecule has 0 saturated heterocycles. The van der Waals surface area contributed by atoms with Crippen LogP contribution in [0.1, 0.15) is 64.7 Å². The third-order valence-corrected chi connectivity index (χ3v) is 4.72. The van der Waals surface area contributed by atoms with Crippen LogP contribution in [0.4, 0.5) is 0 Å². The molecular formula is C20H32O5. The molecule has 3 N–H and O–H groups in total. The number of carbonyl (C=O) groups excluding carboxylic acids is 1. The summed E-state index contributed by atoms with van der Waals surface area (Å²) in [4.78, 5) is 22.6. The molecule has 5 heteroatoms. The van der Waals surface area contributed by atoms with Crippen LogP contribution in [0.2, 0.25) is 0 Å². The molecule has 0 aromatic rings. The number of ketones is 1. The molecule has 0 aromatic heterocycles. The Morgan fingerprint density at radius 2 is 1.96 bits per heavy atom. The number of aliphatic hydroxyl groups excluding tert-OH is 2. The van der Waals surface area contributed by atoms with Crippen molar-refractivity contribution in [3.8, 4) is 0 Å². The number of unbranched alkanes of at least 4 members (excludes halogenated alkanes) is 3. The van der Waals surface area contributed by atoms with E-state index in [-0.39, 0.29) is 30.5 Å². The molecule has 0 aromatic carbocycles. The fraction of sp³-hybridized carbons (Fsp3) is 0.700. The number of carboxylic acid groups (broad SMARTS) is 1. The van der Waals surface area contributed by atoms with Crippen LogP contribution in [0.3, 0.4) is 0 Å². The van der Waals surface area contributed by atoms with Crippen LogP contribution < -0.4 is 0 Å². The molecule has 1 saturated carbocycles. The van der Waals surface area contributed by atoms with Crippen molar-refractivity contribution in [3.05, 3.63) is 24.3 Å². The van der Waals surface area contributed by atoms with E-state index in [9.17, 15) is 19.8 Å². The van der Waals surface area contributed by atoms with Gasteiger partial charge in [0.15, 0.2) is 0 Å². The molecule has 1 fully saturated rings. The number of allylic oxidation sites excluding steroid dienone is 1. The smallest absolute Gasteiger partial charge is 0.303 e. The van der Waals surface area contributed by atoms with E-state index < -0.39 is 18.2 Å². The van der Waals surface area contributed by atoms with Crippen LogP contribution in [0.5, 0.6) is 0 Å². The summed E-state index contributed by atoms with van der Waals surface area (Å²) in [6, 6.07) is 0. The molecule has 0 radical (unpaired) electrons. The Hall–Kier alpha value is -1.46. The number of aliphatic carboxylic acids is 1. The van der Waals surface area contributed by atoms with Gasteiger partial charge in [0, 0.05) is 24.7 Å². The number of Topliss-reactive ketones (excluding diaryl/α,β-unsaturated/α-hetero) is 1. The lowest BCUT2D eigenvalue weighted by atomic mass is 9.88. The van der Waals surface area contributed by atoms with Crippen molar-refractivity contribution in [2.24, 2.45) is 11.8 Å². The van der Waals surface area contributed by atoms with Gasteiger partial charge in [-0.2, -0.15) is 0 Å². The summed E-state index contributed by atoms with van der Waals surface area (Å²) >= 11 is 0. The number of aliphatic hydroxyl groups is 2. The predicted molar refractivity (Wildman–Crippen MR) is 97.1 cm³/mol. The number of carbonyl (C=O) groups is 2. The molecule has 1 unspecified atom stereocenters. The van der Waals surface area contributed by atoms with Gasteiger partial charge in [-0.25, -0.2) is 0 Å². The van der Waals surface area contributed by atoms with Gasteiger partial charge >= 0.3 is 5.97 Å². The molecule has 0 heterocycles. The third-order valence-electron chi connectivity index (χ3n) is 4.72. The highest BCUT2D eigenvalue weighted by molar-refractivity contribution is 5.84. The lowest BCUT2D eigenvalue weighted by Crippen LogP contribution is -2.19. The largest absolute Gasteiger partial charge is 0.481 e. The van der Waals surface area contributed by atoms with E-state index in [0.717, 1.165) is 25.7 Å². The Morgan fingerprint density at radius 3 is 2.64 bits per heavy atom. The van der Waals surface area contributed by atoms with Crippen molar-refractivity contribution in [2.75, 3.05) is 0 Å². The zero-order valence-electron chi connectivity index (χ0n) is 15.1. The molecule has 1 aliphatic carbocycles. The van der Waals surface area contributed by atoms with Gasteiger partial charge in [-0.1, -0.05) is 50.5 Å². The van der Waals surface area contributed by atoms with Gasteiger partial charge in [0.25, 0.3) is 0 Å². The second kappa shape index (κ2) is 12.0. The fourth-order valence-corrected chi connectivity index (χ4v) is 3.32. The van der Waals surface area contributed by atoms with E-state index in [1.54, 1.807) is 12.2 Å². The second-order valence-electron chi connectivity index (χ2n) is 6.84. The van der Waals surface area contributed by atoms with Crippen molar-refractivity contribution < 1.29 is 24.9 Å². The predicted octanol–water partition coefficient (Wildman–Crippen LogP) is 3.25. The van der Waals surface area contributed by atoms with Gasteiger partial charge in [0.05, 0.1) is 12.2 Å². The van der Waals surface area contributed by atoms with Crippen molar-refractivity contribution >= 4 is 11.8 Å². The number of carboxylic acids is 1. The molecule has 142 valence electrons. The van der Waals surface area contributed by atoms with E-state index in [0.29, 0.717) is 19.3 Å². The van der Waals surface area contributed by atoms with Gasteiger partial charge in [-0.15, -0.1) is 0 Å². The van der Waals surface area contributed by atoms with Crippen LogP contribution in [0.15, 0.2) is 24.3 Å². The summed E-state index contributed by atoms with van der Waals surface area (Å²) in [7, 11) is 0. The quantitative estimate of drug-likeness (QED) is 0.370. The molecule has 1 rings (SSSR count). The van der Waals surface area contributed by atoms with Crippen molar-refractivity contribution in [1.29, 1.82) is 0 Å². The summed E-state index contributed by atoms with van der Waals surface area (Å²) in [5.74, 6) is -1.10. The Kier molecular flexibility index (Phi) is 10.3. The van der Waals surface area contributed by atoms with Gasteiger partial charge in [-0.3, -0.25) is 9.59 Å². The number of hydrogen-bond donors (Lipinski definition) is 3. The fourth-order valence-electron chi connectivity index (χ4n) is 3.32. The summed E-state index contributed by atoms with van der Waals surface area (Å²) in [6.45, 7) is 2.03. The summed E-state index contributed by atoms with van der Waals surface area (Å²) in [5.41, 5.74) is 0. The minimum atomic E-state index is -0.772. The Labute approximate surface area is 150 Å². The van der Waals surface area contributed by atoms with Gasteiger partial charge in [-0.05, 0) is 25.7 Å². The highest BCUT2D eigenvalue weighted by atomic mass is 16.4. The molecule has 0 bridgehead atoms. The molecule has 4 atom stereocenters. The second-order valence-corrected chi connectivity index (χ2v) is 6.84. The van der Waals surface area contributed by atoms with Crippen LogP contribution in [0.25, 0.3) is 0 Å². The summed E-state index contributed by atoms with van der Waals surface area (Å²) < 4.78 is 0. The zero-order chi connectivity index (χ0) is 18.7. The molecule has 5 nitrogen and oxygen atoms in total. The van der Waals surface area contributed by atoms with Crippen molar-refractivity contribution in [3.63, 3.8) is 0 Å². The standard InChI is InChI=1S/C20H32O5/c1-2-3-6-9-15(21)12-13-17-16(18(22)14-19(17)23)10-7-4-5-8-11-20(24)25/h3,6,12-13,15-17,19,21,23H,2,4-5,7-11,14H2,1H3,(H,24,25)/b6-3-,13-12+/t15-,16+,17?,19+/m0/s1. The molecule has 25 heavy (non-hydrogen) atoms. The Morgan fingerprint density at radius 1 is 1.24 bits per heavy atom. The highest BCUT2D eigenvalue weighted by Gasteiger charge is 2.39. The molecule has 0 aliphatic heterocycles. The maximum absolute atomic E-state index is 12.1. The van der Waals surface area contributed by atoms with E-state index >= 15 is 0 Å². The molecule has 0 amide bonds. The topological polar surface area (TPSA) is 94.8 Å². The van der Waals surface area contributed by atoms with E-state index in [1.165, 1.54) is 0 Å². The summed E-state index contributed by atoms with van der Waals surface area (Å²) in [5, 5.41) is 28.7. The third kappa shape index (κ3) is 8.45. The van der Waals surface area contributed by atoms with Gasteiger partial charge in [0.2, 0.25) is 0 Å². The minimum absolute atomic E-state index is 0.0908. The monoisotopic (exact) mass is 352 g/mol. The first-order chi connectivity index (χ1) is 12.0. The van der Waals surface area contributed by atoms with E-state index in [4.69, 9.17) is 5.11 Å². The summed E-state index contributed by atoms with van der Waals surface area (Å²) in [6.07, 6.45) is 12.0. The first kappa shape index (κ1) is 21.6. The van der Waals surface area contributed by atoms with Gasteiger partial charge < -0.3 is 15.3 Å². The first-order valence-corrected chi connectivity index (χ1v) is 9.39. The maximum Gasteiger partial charge on any atom is 0.303 e. The van der Waals surface area contributed by atoms with Gasteiger partial charge in [0.1, 0.15) is 5.78 Å². The zero-order valence-corrected chi connectivity index (χ0v) is 15.1. The van der Waals surface area contributed by atoms with Crippen LogP contribution in [0, 0.1) is 11.8 Å². The lowest BCUT2D eigenvalue weighted by molar-refractivity contribution is -0.137. The number of rotatable bonds is 12. The van der Waals surface area contributed by atoms with Crippen molar-refractivity contribution in [2.45, 2.75) is 76.9 Å². The average molecular weight is 352 g/mol. The van der Waals surface area contributed by atoms with Crippen LogP contribution in [-0.2, 0) is 9.59 Å². The van der Waals surface area contributed by atoms with Crippen LogP contribution >= 0.6 is 0 Å². The maximum atomic E-state index is 12.1.